The van der Waals surface area contributed by atoms with Crippen LogP contribution in [0.5, 0.6) is 0 Å². The van der Waals surface area contributed by atoms with Crippen molar-refractivity contribution in [1.82, 2.24) is 10.4 Å². The van der Waals surface area contributed by atoms with Crippen LogP contribution in [0.25, 0.3) is 0 Å². The third-order valence-corrected chi connectivity index (χ3v) is 6.75. The number of carboxylic acids is 2. The summed E-state index contributed by atoms with van der Waals surface area (Å²) >= 11 is 1.11. The number of unbranched alkanes of at least 4 members (excludes halogenated alkanes) is 3. The molecule has 0 spiro atoms. The molecule has 2 rings (SSSR count). The quantitative estimate of drug-likeness (QED) is 0.223. The van der Waals surface area contributed by atoms with Gasteiger partial charge in [-0.2, -0.15) is 0 Å². The Morgan fingerprint density at radius 2 is 1.92 bits per heavy atom. The molecule has 11 heteroatoms. The Balaban J connectivity index is 1.97. The standard InChI is InChI=1S/C27H35N3O7S/c1-3-4-5-11-16-30(2)37-22(32)15-10-9-14-20-18-38-25(29-23(20)26(33)34)24(27(35)36)28-21(31)17-19-12-7-6-8-13-19/h6-10,12-14,24-25H,3-5,11,15-18H2,1-2H3,(H,28,31)(H,33,34)(H,35,36)/b10-9+,20-14+. The highest BCUT2D eigenvalue weighted by molar-refractivity contribution is 8.00. The zero-order valence-electron chi connectivity index (χ0n) is 21.7. The Kier molecular flexibility index (Phi) is 13.3. The van der Waals surface area contributed by atoms with Crippen molar-refractivity contribution in [2.45, 2.75) is 56.9 Å². The first-order chi connectivity index (χ1) is 18.2. The fourth-order valence-corrected chi connectivity index (χ4v) is 4.75. The fraction of sp³-hybridized carbons (Fsp3) is 0.444. The zero-order valence-corrected chi connectivity index (χ0v) is 22.5. The van der Waals surface area contributed by atoms with Crippen LogP contribution in [0.1, 0.15) is 44.6 Å². The highest BCUT2D eigenvalue weighted by Gasteiger charge is 2.34. The van der Waals surface area contributed by atoms with Gasteiger partial charge in [-0.1, -0.05) is 74.7 Å². The van der Waals surface area contributed by atoms with E-state index >= 15 is 0 Å². The third-order valence-electron chi connectivity index (χ3n) is 5.55. The summed E-state index contributed by atoms with van der Waals surface area (Å²) in [6.07, 6.45) is 8.91. The molecule has 1 aliphatic rings. The van der Waals surface area contributed by atoms with E-state index < -0.39 is 35.2 Å². The van der Waals surface area contributed by atoms with E-state index in [1.54, 1.807) is 43.5 Å². The van der Waals surface area contributed by atoms with E-state index in [4.69, 9.17) is 4.84 Å². The molecule has 1 heterocycles. The molecule has 2 unspecified atom stereocenters. The molecular weight excluding hydrogens is 510 g/mol. The second-order valence-corrected chi connectivity index (χ2v) is 9.83. The lowest BCUT2D eigenvalue weighted by Gasteiger charge is -2.26. The van der Waals surface area contributed by atoms with Crippen LogP contribution in [-0.4, -0.2) is 75.6 Å². The van der Waals surface area contributed by atoms with E-state index in [0.29, 0.717) is 12.1 Å². The Morgan fingerprint density at radius 3 is 2.58 bits per heavy atom. The van der Waals surface area contributed by atoms with Crippen LogP contribution in [0, 0.1) is 0 Å². The SMILES string of the molecule is CCCCCCN(C)OC(=O)C/C=C/C=C1\CSC(C(NC(=O)Cc2ccccc2)C(=O)O)N=C1C(=O)O. The van der Waals surface area contributed by atoms with Crippen LogP contribution in [0.2, 0.25) is 0 Å². The minimum Gasteiger partial charge on any atom is -0.480 e. The highest BCUT2D eigenvalue weighted by Crippen LogP contribution is 2.27. The van der Waals surface area contributed by atoms with Crippen molar-refractivity contribution in [1.29, 1.82) is 0 Å². The lowest BCUT2D eigenvalue weighted by molar-refractivity contribution is -0.183. The number of hydroxylamine groups is 2. The van der Waals surface area contributed by atoms with Gasteiger partial charge < -0.3 is 20.4 Å². The van der Waals surface area contributed by atoms with Gasteiger partial charge in [-0.15, -0.1) is 16.8 Å². The van der Waals surface area contributed by atoms with Crippen molar-refractivity contribution in [3.63, 3.8) is 0 Å². The third kappa shape index (κ3) is 10.9. The first kappa shape index (κ1) is 30.8. The molecule has 1 aliphatic heterocycles. The molecule has 206 valence electrons. The summed E-state index contributed by atoms with van der Waals surface area (Å²) in [7, 11) is 1.70. The Morgan fingerprint density at radius 1 is 1.18 bits per heavy atom. The molecule has 2 atom stereocenters. The van der Waals surface area contributed by atoms with E-state index in [1.807, 2.05) is 6.07 Å². The molecule has 0 fully saturated rings. The van der Waals surface area contributed by atoms with Gasteiger partial charge in [-0.05, 0) is 17.6 Å². The normalized spacial score (nSPS) is 17.3. The average Bonchev–Trinajstić information content (AvgIpc) is 2.88. The highest BCUT2D eigenvalue weighted by atomic mass is 32.2. The Bertz CT molecular complexity index is 1060. The molecule has 0 saturated heterocycles. The van der Waals surface area contributed by atoms with Crippen LogP contribution < -0.4 is 5.32 Å². The molecule has 38 heavy (non-hydrogen) atoms. The van der Waals surface area contributed by atoms with E-state index in [1.165, 1.54) is 11.1 Å². The number of aliphatic imine (C=N–C) groups is 1. The van der Waals surface area contributed by atoms with Gasteiger partial charge in [0.25, 0.3) is 0 Å². The predicted molar refractivity (Wildman–Crippen MR) is 146 cm³/mol. The number of aliphatic carboxylic acids is 2. The van der Waals surface area contributed by atoms with Crippen molar-refractivity contribution in [2.24, 2.45) is 4.99 Å². The van der Waals surface area contributed by atoms with Crippen molar-refractivity contribution < 1.29 is 34.2 Å². The lowest BCUT2D eigenvalue weighted by atomic mass is 10.1. The Hall–Kier alpha value is -3.44. The molecule has 0 saturated carbocycles. The number of benzene rings is 1. The topological polar surface area (TPSA) is 146 Å². The summed E-state index contributed by atoms with van der Waals surface area (Å²) in [5, 5.41) is 22.3. The lowest BCUT2D eigenvalue weighted by Crippen LogP contribution is -2.49. The van der Waals surface area contributed by atoms with Gasteiger partial charge in [-0.25, -0.2) is 9.59 Å². The number of carbonyl (C=O) groups excluding carboxylic acids is 2. The van der Waals surface area contributed by atoms with Crippen molar-refractivity contribution in [2.75, 3.05) is 19.3 Å². The minimum absolute atomic E-state index is 0.00687. The van der Waals surface area contributed by atoms with E-state index in [2.05, 4.69) is 17.2 Å². The minimum atomic E-state index is -1.39. The number of carbonyl (C=O) groups is 4. The maximum absolute atomic E-state index is 12.4. The van der Waals surface area contributed by atoms with Crippen LogP contribution in [0.15, 0.2) is 59.1 Å². The number of hydrogen-bond donors (Lipinski definition) is 3. The summed E-state index contributed by atoms with van der Waals surface area (Å²) in [4.78, 5) is 57.5. The number of nitrogens with one attached hydrogen (secondary N) is 1. The number of nitrogens with zero attached hydrogens (tertiary/aromatic N) is 2. The van der Waals surface area contributed by atoms with Gasteiger partial charge in [0.15, 0.2) is 6.04 Å². The van der Waals surface area contributed by atoms with Crippen LogP contribution >= 0.6 is 11.8 Å². The van der Waals surface area contributed by atoms with E-state index in [-0.39, 0.29) is 24.3 Å². The number of carboxylic acid groups (broad SMARTS) is 2. The molecule has 1 aromatic carbocycles. The molecular formula is C27H35N3O7S. The Labute approximate surface area is 226 Å². The summed E-state index contributed by atoms with van der Waals surface area (Å²) in [6, 6.07) is 7.47. The smallest absolute Gasteiger partial charge is 0.354 e. The second kappa shape index (κ2) is 16.4. The maximum atomic E-state index is 12.4. The van der Waals surface area contributed by atoms with Gasteiger partial charge in [0.05, 0.1) is 12.8 Å². The number of allylic oxidation sites excluding steroid dienone is 2. The number of hydrogen-bond acceptors (Lipinski definition) is 8. The molecule has 1 aromatic rings. The number of rotatable bonds is 15. The zero-order chi connectivity index (χ0) is 27.9. The molecule has 10 nitrogen and oxygen atoms in total. The van der Waals surface area contributed by atoms with Crippen molar-refractivity contribution >= 4 is 41.3 Å². The summed E-state index contributed by atoms with van der Waals surface area (Å²) in [5.74, 6) is -3.38. The monoisotopic (exact) mass is 545 g/mol. The second-order valence-electron chi connectivity index (χ2n) is 8.73. The summed E-state index contributed by atoms with van der Waals surface area (Å²) in [6.45, 7) is 2.78. The summed E-state index contributed by atoms with van der Waals surface area (Å²) in [5.41, 5.74) is 0.812. The average molecular weight is 546 g/mol. The van der Waals surface area contributed by atoms with Crippen molar-refractivity contribution in [3.05, 3.63) is 59.7 Å². The van der Waals surface area contributed by atoms with Gasteiger partial charge in [0, 0.05) is 19.3 Å². The first-order valence-corrected chi connectivity index (χ1v) is 13.5. The van der Waals surface area contributed by atoms with Gasteiger partial charge >= 0.3 is 17.9 Å². The molecule has 0 radical (unpaired) electrons. The van der Waals surface area contributed by atoms with Crippen LogP contribution in [-0.2, 0) is 30.4 Å². The number of thioether (sulfide) groups is 1. The van der Waals surface area contributed by atoms with Gasteiger partial charge in [0.1, 0.15) is 11.1 Å². The number of amides is 1. The fourth-order valence-electron chi connectivity index (χ4n) is 3.61. The van der Waals surface area contributed by atoms with Crippen LogP contribution in [0.4, 0.5) is 0 Å². The van der Waals surface area contributed by atoms with E-state index in [9.17, 15) is 29.4 Å². The van der Waals surface area contributed by atoms with E-state index in [0.717, 1.165) is 43.0 Å². The van der Waals surface area contributed by atoms with Gasteiger partial charge in [0.2, 0.25) is 5.91 Å². The molecule has 3 N–H and O–H groups in total. The largest absolute Gasteiger partial charge is 0.480 e. The van der Waals surface area contributed by atoms with Crippen LogP contribution in [0.3, 0.4) is 0 Å². The van der Waals surface area contributed by atoms with Gasteiger partial charge in [-0.3, -0.25) is 14.6 Å². The first-order valence-electron chi connectivity index (χ1n) is 12.5. The van der Waals surface area contributed by atoms with Crippen molar-refractivity contribution in [3.8, 4) is 0 Å². The maximum Gasteiger partial charge on any atom is 0.354 e. The molecule has 0 bridgehead atoms. The molecule has 0 aliphatic carbocycles. The molecule has 1 amide bonds. The predicted octanol–water partition coefficient (Wildman–Crippen LogP) is 3.24. The molecule has 0 aromatic heterocycles. The summed E-state index contributed by atoms with van der Waals surface area (Å²) < 4.78 is 0.